The Balaban J connectivity index is 1.95. The molecule has 8 nitrogen and oxygen atoms in total. The molecule has 0 aromatic heterocycles. The Hall–Kier alpha value is -3.27. The number of amidine groups is 2. The largest absolute Gasteiger partial charge is 0.425 e. The van der Waals surface area contributed by atoms with Gasteiger partial charge in [0, 0.05) is 10.0 Å². The van der Waals surface area contributed by atoms with Crippen molar-refractivity contribution in [2.24, 2.45) is 10.8 Å². The van der Waals surface area contributed by atoms with E-state index in [1.54, 1.807) is 24.3 Å². The molecule has 3 aromatic carbocycles. The van der Waals surface area contributed by atoms with Crippen LogP contribution in [0.4, 0.5) is 0 Å². The van der Waals surface area contributed by atoms with Gasteiger partial charge in [0.2, 0.25) is 0 Å². The van der Waals surface area contributed by atoms with Gasteiger partial charge < -0.3 is 15.2 Å². The molecular formula is C21H18Cl2N4O4S. The number of ether oxygens (including phenoxy) is 2. The summed E-state index contributed by atoms with van der Waals surface area (Å²) in [6.07, 6.45) is 0. The second-order valence-electron chi connectivity index (χ2n) is 6.42. The van der Waals surface area contributed by atoms with E-state index in [0.717, 1.165) is 5.56 Å². The van der Waals surface area contributed by atoms with Gasteiger partial charge in [-0.05, 0) is 67.6 Å². The monoisotopic (exact) mass is 492 g/mol. The quantitative estimate of drug-likeness (QED) is 0.306. The van der Waals surface area contributed by atoms with E-state index in [0.29, 0.717) is 14.5 Å². The van der Waals surface area contributed by atoms with Gasteiger partial charge in [0.25, 0.3) is 10.0 Å². The summed E-state index contributed by atoms with van der Waals surface area (Å²) in [6.45, 7) is 1.82. The third-order valence-electron chi connectivity index (χ3n) is 3.97. The standard InChI is InChI=1S/C21H18Cl2N4O4S/c1-14-2-12-19(13-3-14)32(28,29)27(21(25)31-18-10-6-16(23)7-11-18)26-20(24)30-17-8-4-15(22)5-9-17/h2-13,25H,1H3,(H2,24,26). The number of hydrogen-bond acceptors (Lipinski definition) is 6. The first-order chi connectivity index (χ1) is 15.1. The maximum Gasteiger partial charge on any atom is 0.326 e. The van der Waals surface area contributed by atoms with Gasteiger partial charge in [-0.25, -0.2) is 5.41 Å². The lowest BCUT2D eigenvalue weighted by Gasteiger charge is -2.20. The van der Waals surface area contributed by atoms with E-state index in [9.17, 15) is 8.42 Å². The number of halogens is 2. The lowest BCUT2D eigenvalue weighted by Crippen LogP contribution is -2.38. The molecule has 0 heterocycles. The number of aryl methyl sites for hydroxylation is 1. The Labute approximate surface area is 195 Å². The zero-order chi connectivity index (χ0) is 23.3. The van der Waals surface area contributed by atoms with E-state index in [1.807, 2.05) is 6.92 Å². The predicted octanol–water partition coefficient (Wildman–Crippen LogP) is 4.61. The summed E-state index contributed by atoms with van der Waals surface area (Å²) >= 11 is 11.7. The molecule has 0 unspecified atom stereocenters. The fourth-order valence-corrected chi connectivity index (χ4v) is 3.78. The number of sulfonamides is 1. The molecule has 0 atom stereocenters. The molecule has 0 spiro atoms. The summed E-state index contributed by atoms with van der Waals surface area (Å²) in [7, 11) is -4.35. The van der Waals surface area contributed by atoms with Crippen molar-refractivity contribution in [3.63, 3.8) is 0 Å². The first-order valence-corrected chi connectivity index (χ1v) is 11.3. The van der Waals surface area contributed by atoms with Crippen LogP contribution in [0, 0.1) is 12.3 Å². The Morgan fingerprint density at radius 1 is 0.875 bits per heavy atom. The Bertz CT molecular complexity index is 1230. The summed E-state index contributed by atoms with van der Waals surface area (Å²) in [6, 6.07) is 16.9. The zero-order valence-electron chi connectivity index (χ0n) is 16.7. The minimum atomic E-state index is -4.35. The van der Waals surface area contributed by atoms with Crippen LogP contribution in [0.15, 0.2) is 82.8 Å². The fraction of sp³-hybridized carbons (Fsp3) is 0.0476. The van der Waals surface area contributed by atoms with Crippen molar-refractivity contribution in [2.75, 3.05) is 0 Å². The van der Waals surface area contributed by atoms with Gasteiger partial charge in [-0.2, -0.15) is 8.42 Å². The second-order valence-corrected chi connectivity index (χ2v) is 9.06. The molecule has 0 bridgehead atoms. The van der Waals surface area contributed by atoms with Crippen LogP contribution >= 0.6 is 23.2 Å². The van der Waals surface area contributed by atoms with E-state index >= 15 is 0 Å². The maximum absolute atomic E-state index is 13.2. The number of benzene rings is 3. The first kappa shape index (κ1) is 23.4. The summed E-state index contributed by atoms with van der Waals surface area (Å²) in [5, 5.41) is 13.0. The number of nitrogens with zero attached hydrogens (tertiary/aromatic N) is 2. The van der Waals surface area contributed by atoms with Gasteiger partial charge in [-0.1, -0.05) is 50.4 Å². The summed E-state index contributed by atoms with van der Waals surface area (Å²) in [5.41, 5.74) is 6.67. The van der Waals surface area contributed by atoms with Crippen molar-refractivity contribution in [1.82, 2.24) is 4.41 Å². The molecule has 32 heavy (non-hydrogen) atoms. The molecule has 0 saturated heterocycles. The lowest BCUT2D eigenvalue weighted by molar-refractivity contribution is 0.423. The van der Waals surface area contributed by atoms with Crippen molar-refractivity contribution < 1.29 is 17.9 Å². The van der Waals surface area contributed by atoms with Gasteiger partial charge in [-0.3, -0.25) is 0 Å². The van der Waals surface area contributed by atoms with Crippen LogP contribution in [0.3, 0.4) is 0 Å². The molecule has 0 saturated carbocycles. The Morgan fingerprint density at radius 3 is 1.84 bits per heavy atom. The van der Waals surface area contributed by atoms with Crippen molar-refractivity contribution in [2.45, 2.75) is 11.8 Å². The normalized spacial score (nSPS) is 11.7. The van der Waals surface area contributed by atoms with Crippen LogP contribution in [-0.2, 0) is 10.0 Å². The minimum Gasteiger partial charge on any atom is -0.425 e. The smallest absolute Gasteiger partial charge is 0.326 e. The highest BCUT2D eigenvalue weighted by Crippen LogP contribution is 2.21. The highest BCUT2D eigenvalue weighted by molar-refractivity contribution is 7.89. The molecule has 0 amide bonds. The average Bonchev–Trinajstić information content (AvgIpc) is 2.75. The zero-order valence-corrected chi connectivity index (χ0v) is 19.0. The minimum absolute atomic E-state index is 0.115. The molecule has 166 valence electrons. The molecule has 0 aliphatic heterocycles. The van der Waals surface area contributed by atoms with Gasteiger partial charge >= 0.3 is 12.0 Å². The van der Waals surface area contributed by atoms with Crippen LogP contribution < -0.4 is 15.2 Å². The molecule has 0 aliphatic rings. The molecule has 0 fully saturated rings. The van der Waals surface area contributed by atoms with E-state index in [-0.39, 0.29) is 16.4 Å². The van der Waals surface area contributed by atoms with E-state index in [2.05, 4.69) is 5.10 Å². The lowest BCUT2D eigenvalue weighted by atomic mass is 10.2. The summed E-state index contributed by atoms with van der Waals surface area (Å²) in [4.78, 5) is -0.115. The van der Waals surface area contributed by atoms with Gasteiger partial charge in [0.1, 0.15) is 11.5 Å². The van der Waals surface area contributed by atoms with Gasteiger partial charge in [-0.15, -0.1) is 0 Å². The number of nitrogens with one attached hydrogen (secondary N) is 1. The van der Waals surface area contributed by atoms with E-state index < -0.39 is 22.1 Å². The molecule has 3 rings (SSSR count). The third-order valence-corrected chi connectivity index (χ3v) is 6.05. The van der Waals surface area contributed by atoms with Crippen LogP contribution in [-0.4, -0.2) is 24.9 Å². The average molecular weight is 493 g/mol. The molecule has 0 radical (unpaired) electrons. The topological polar surface area (TPSA) is 118 Å². The van der Waals surface area contributed by atoms with Crippen molar-refractivity contribution >= 4 is 45.3 Å². The van der Waals surface area contributed by atoms with Crippen molar-refractivity contribution in [1.29, 1.82) is 5.41 Å². The number of rotatable bonds is 5. The summed E-state index contributed by atoms with van der Waals surface area (Å²) < 4.78 is 37.5. The molecular weight excluding hydrogens is 475 g/mol. The molecule has 11 heteroatoms. The Morgan fingerprint density at radius 2 is 1.34 bits per heavy atom. The number of hydrogen-bond donors (Lipinski definition) is 2. The van der Waals surface area contributed by atoms with Crippen LogP contribution in [0.5, 0.6) is 11.5 Å². The van der Waals surface area contributed by atoms with E-state index in [1.165, 1.54) is 48.5 Å². The summed E-state index contributed by atoms with van der Waals surface area (Å²) in [5.74, 6) is 0.449. The number of hydrazone groups is 1. The van der Waals surface area contributed by atoms with Crippen molar-refractivity contribution in [3.8, 4) is 11.5 Å². The predicted molar refractivity (Wildman–Crippen MR) is 124 cm³/mol. The molecule has 0 aliphatic carbocycles. The maximum atomic E-state index is 13.2. The van der Waals surface area contributed by atoms with Crippen LogP contribution in [0.2, 0.25) is 10.0 Å². The molecule has 3 aromatic rings. The Kier molecular flexibility index (Phi) is 7.24. The van der Waals surface area contributed by atoms with Crippen LogP contribution in [0.25, 0.3) is 0 Å². The van der Waals surface area contributed by atoms with E-state index in [4.69, 9.17) is 43.8 Å². The molecule has 3 N–H and O–H groups in total. The third kappa shape index (κ3) is 5.91. The number of nitrogens with two attached hydrogens (primary N) is 1. The van der Waals surface area contributed by atoms with Gasteiger partial charge in [0.15, 0.2) is 0 Å². The van der Waals surface area contributed by atoms with Crippen LogP contribution in [0.1, 0.15) is 5.56 Å². The highest BCUT2D eigenvalue weighted by atomic mass is 35.5. The van der Waals surface area contributed by atoms with Gasteiger partial charge in [0.05, 0.1) is 4.90 Å². The first-order valence-electron chi connectivity index (χ1n) is 9.06. The SMILES string of the molecule is Cc1ccc(S(=O)(=O)N(N=C(N)Oc2ccc(Cl)cc2)C(=N)Oc2ccc(Cl)cc2)cc1. The van der Waals surface area contributed by atoms with Crippen molar-refractivity contribution in [3.05, 3.63) is 88.4 Å². The highest BCUT2D eigenvalue weighted by Gasteiger charge is 2.30. The fourth-order valence-electron chi connectivity index (χ4n) is 2.41. The second kappa shape index (κ2) is 9.90.